The zero-order chi connectivity index (χ0) is 14.6. The highest BCUT2D eigenvalue weighted by atomic mass is 19.4. The summed E-state index contributed by atoms with van der Waals surface area (Å²) in [6.45, 7) is 0.0739. The van der Waals surface area contributed by atoms with Crippen molar-refractivity contribution in [3.05, 3.63) is 17.5 Å². The average Bonchev–Trinajstić information content (AvgIpc) is 2.30. The van der Waals surface area contributed by atoms with Gasteiger partial charge in [0, 0.05) is 0 Å². The first kappa shape index (κ1) is 15.0. The van der Waals surface area contributed by atoms with E-state index >= 15 is 0 Å². The maximum Gasteiger partial charge on any atom is 0.573 e. The number of esters is 1. The highest BCUT2D eigenvalue weighted by Crippen LogP contribution is 2.33. The van der Waals surface area contributed by atoms with Gasteiger partial charge >= 0.3 is 12.3 Å². The van der Waals surface area contributed by atoms with Gasteiger partial charge in [0.1, 0.15) is 12.2 Å². The van der Waals surface area contributed by atoms with Gasteiger partial charge in [-0.1, -0.05) is 0 Å². The normalized spacial score (nSPS) is 11.2. The fourth-order valence-electron chi connectivity index (χ4n) is 1.29. The largest absolute Gasteiger partial charge is 0.573 e. The van der Waals surface area contributed by atoms with Gasteiger partial charge in [-0.25, -0.2) is 9.18 Å². The van der Waals surface area contributed by atoms with E-state index in [1.807, 2.05) is 0 Å². The molecular weight excluding hydrogens is 272 g/mol. The Bertz CT molecular complexity index is 477. The monoisotopic (exact) mass is 282 g/mol. The van der Waals surface area contributed by atoms with Crippen LogP contribution in [-0.2, 0) is 11.4 Å². The van der Waals surface area contributed by atoms with Crippen molar-refractivity contribution in [3.8, 4) is 5.75 Å². The molecule has 0 aromatic carbocycles. The minimum Gasteiger partial charge on any atom is -0.462 e. The summed E-state index contributed by atoms with van der Waals surface area (Å²) in [4.78, 5) is 15.0. The smallest absolute Gasteiger partial charge is 0.462 e. The third-order valence-corrected chi connectivity index (χ3v) is 1.96. The van der Waals surface area contributed by atoms with Gasteiger partial charge in [0.2, 0.25) is 0 Å². The molecule has 1 aromatic rings. The summed E-state index contributed by atoms with van der Waals surface area (Å²) in [5, 5.41) is 0. The zero-order valence-electron chi connectivity index (χ0n) is 9.75. The van der Waals surface area contributed by atoms with Crippen LogP contribution in [0.1, 0.15) is 23.0 Å². The lowest BCUT2D eigenvalue weighted by Gasteiger charge is -2.15. The van der Waals surface area contributed by atoms with Crippen LogP contribution in [0.3, 0.4) is 0 Å². The molecule has 0 bridgehead atoms. The highest BCUT2D eigenvalue weighted by Gasteiger charge is 2.35. The standard InChI is InChI=1S/C10H10F4N2O3/c1-2-18-9(17)7-6(3-11)16-4-5(15)8(7)19-10(12,13)14/h4H,2-3,15H2,1H3. The third-order valence-electron chi connectivity index (χ3n) is 1.96. The van der Waals surface area contributed by atoms with E-state index in [0.29, 0.717) is 0 Å². The van der Waals surface area contributed by atoms with Crippen LogP contribution in [0.25, 0.3) is 0 Å². The van der Waals surface area contributed by atoms with Gasteiger partial charge in [0.25, 0.3) is 0 Å². The number of carbonyl (C=O) groups is 1. The average molecular weight is 282 g/mol. The Kier molecular flexibility index (Phi) is 4.52. The number of nitrogens with zero attached hydrogens (tertiary/aromatic N) is 1. The van der Waals surface area contributed by atoms with Crippen molar-refractivity contribution in [1.82, 2.24) is 4.98 Å². The summed E-state index contributed by atoms with van der Waals surface area (Å²) in [5.74, 6) is -2.19. The minimum atomic E-state index is -5.08. The quantitative estimate of drug-likeness (QED) is 0.677. The molecule has 19 heavy (non-hydrogen) atoms. The fourth-order valence-corrected chi connectivity index (χ4v) is 1.29. The summed E-state index contributed by atoms with van der Waals surface area (Å²) in [7, 11) is 0. The molecule has 106 valence electrons. The molecule has 0 radical (unpaired) electrons. The summed E-state index contributed by atoms with van der Waals surface area (Å²) in [6.07, 6.45) is -4.30. The molecule has 0 saturated heterocycles. The number of alkyl halides is 4. The van der Waals surface area contributed by atoms with Crippen molar-refractivity contribution in [2.75, 3.05) is 12.3 Å². The molecule has 9 heteroatoms. The Morgan fingerprint density at radius 3 is 2.58 bits per heavy atom. The first-order valence-electron chi connectivity index (χ1n) is 5.06. The molecule has 1 aromatic heterocycles. The number of pyridine rings is 1. The molecule has 0 amide bonds. The molecule has 0 unspecified atom stereocenters. The van der Waals surface area contributed by atoms with E-state index in [-0.39, 0.29) is 6.61 Å². The number of ether oxygens (including phenoxy) is 2. The van der Waals surface area contributed by atoms with Gasteiger partial charge in [-0.2, -0.15) is 0 Å². The van der Waals surface area contributed by atoms with Crippen molar-refractivity contribution >= 4 is 11.7 Å². The Morgan fingerprint density at radius 2 is 2.11 bits per heavy atom. The maximum atomic E-state index is 12.7. The molecule has 1 heterocycles. The zero-order valence-corrected chi connectivity index (χ0v) is 9.75. The molecule has 2 N–H and O–H groups in total. The van der Waals surface area contributed by atoms with Crippen LogP contribution in [-0.4, -0.2) is 23.9 Å². The third kappa shape index (κ3) is 3.70. The van der Waals surface area contributed by atoms with Crippen molar-refractivity contribution in [3.63, 3.8) is 0 Å². The van der Waals surface area contributed by atoms with E-state index < -0.39 is 41.7 Å². The molecule has 0 atom stereocenters. The summed E-state index contributed by atoms with van der Waals surface area (Å²) < 4.78 is 57.6. The van der Waals surface area contributed by atoms with Gasteiger partial charge in [0.05, 0.1) is 24.2 Å². The second-order valence-corrected chi connectivity index (χ2v) is 3.27. The van der Waals surface area contributed by atoms with E-state index in [1.165, 1.54) is 6.92 Å². The molecule has 0 aliphatic carbocycles. The number of nitrogens with two attached hydrogens (primary N) is 1. The predicted molar refractivity (Wildman–Crippen MR) is 56.1 cm³/mol. The van der Waals surface area contributed by atoms with Crippen molar-refractivity contribution in [2.45, 2.75) is 20.0 Å². The predicted octanol–water partition coefficient (Wildman–Crippen LogP) is 2.21. The van der Waals surface area contributed by atoms with Crippen LogP contribution in [0.4, 0.5) is 23.2 Å². The number of halogens is 4. The molecule has 0 aliphatic rings. The molecule has 5 nitrogen and oxygen atoms in total. The van der Waals surface area contributed by atoms with Gasteiger partial charge < -0.3 is 15.2 Å². The SMILES string of the molecule is CCOC(=O)c1c(CF)ncc(N)c1OC(F)(F)F. The van der Waals surface area contributed by atoms with Crippen LogP contribution < -0.4 is 10.5 Å². The Morgan fingerprint density at radius 1 is 1.47 bits per heavy atom. The molecule has 1 rings (SSSR count). The molecule has 0 spiro atoms. The lowest BCUT2D eigenvalue weighted by atomic mass is 10.1. The molecule has 0 aliphatic heterocycles. The fraction of sp³-hybridized carbons (Fsp3) is 0.400. The topological polar surface area (TPSA) is 74.4 Å². The number of aromatic nitrogens is 1. The summed E-state index contributed by atoms with van der Waals surface area (Å²) in [6, 6.07) is 0. The lowest BCUT2D eigenvalue weighted by Crippen LogP contribution is -2.22. The van der Waals surface area contributed by atoms with Crippen molar-refractivity contribution in [1.29, 1.82) is 0 Å². The van der Waals surface area contributed by atoms with Crippen molar-refractivity contribution < 1.29 is 31.8 Å². The van der Waals surface area contributed by atoms with Crippen molar-refractivity contribution in [2.24, 2.45) is 0 Å². The summed E-state index contributed by atoms with van der Waals surface area (Å²) >= 11 is 0. The number of rotatable bonds is 4. The van der Waals surface area contributed by atoms with Crippen LogP contribution in [0.2, 0.25) is 0 Å². The van der Waals surface area contributed by atoms with Crippen LogP contribution >= 0.6 is 0 Å². The van der Waals surface area contributed by atoms with E-state index in [2.05, 4.69) is 14.5 Å². The van der Waals surface area contributed by atoms with Gasteiger partial charge in [-0.3, -0.25) is 4.98 Å². The maximum absolute atomic E-state index is 12.7. The lowest BCUT2D eigenvalue weighted by molar-refractivity contribution is -0.274. The van der Waals surface area contributed by atoms with Gasteiger partial charge in [0.15, 0.2) is 5.75 Å². The number of hydrogen-bond donors (Lipinski definition) is 1. The second-order valence-electron chi connectivity index (χ2n) is 3.27. The second kappa shape index (κ2) is 5.72. The van der Waals surface area contributed by atoms with Crippen LogP contribution in [0, 0.1) is 0 Å². The molecular formula is C10H10F4N2O3. The van der Waals surface area contributed by atoms with E-state index in [0.717, 1.165) is 6.20 Å². The first-order valence-corrected chi connectivity index (χ1v) is 5.06. The van der Waals surface area contributed by atoms with Crippen LogP contribution in [0.5, 0.6) is 5.75 Å². The van der Waals surface area contributed by atoms with Crippen LogP contribution in [0.15, 0.2) is 6.20 Å². The van der Waals surface area contributed by atoms with E-state index in [1.54, 1.807) is 0 Å². The number of hydrogen-bond acceptors (Lipinski definition) is 5. The minimum absolute atomic E-state index is 0.106. The highest BCUT2D eigenvalue weighted by molar-refractivity contribution is 5.95. The Balaban J connectivity index is 3.36. The molecule has 0 saturated carbocycles. The van der Waals surface area contributed by atoms with Gasteiger partial charge in [-0.05, 0) is 6.92 Å². The van der Waals surface area contributed by atoms with Gasteiger partial charge in [-0.15, -0.1) is 13.2 Å². The number of carbonyl (C=O) groups excluding carboxylic acids is 1. The molecule has 0 fully saturated rings. The first-order chi connectivity index (χ1) is 8.80. The Hall–Kier alpha value is -2.06. The Labute approximate surface area is 105 Å². The summed E-state index contributed by atoms with van der Waals surface area (Å²) in [5.41, 5.74) is 3.43. The number of anilines is 1. The van der Waals surface area contributed by atoms with E-state index in [4.69, 9.17) is 5.73 Å². The number of nitrogen functional groups attached to an aromatic ring is 1. The van der Waals surface area contributed by atoms with E-state index in [9.17, 15) is 22.4 Å².